The van der Waals surface area contributed by atoms with E-state index < -0.39 is 12.0 Å². The predicted molar refractivity (Wildman–Crippen MR) is 75.1 cm³/mol. The fourth-order valence-electron chi connectivity index (χ4n) is 3.05. The lowest BCUT2D eigenvalue weighted by molar-refractivity contribution is -0.123. The van der Waals surface area contributed by atoms with E-state index in [4.69, 9.17) is 0 Å². The molecule has 2 aliphatic rings. The molecule has 20 heavy (non-hydrogen) atoms. The highest BCUT2D eigenvalue weighted by Gasteiger charge is 2.32. The number of carbonyl (C=O) groups excluding carboxylic acids is 1. The first-order chi connectivity index (χ1) is 9.47. The number of rotatable bonds is 2. The Morgan fingerprint density at radius 1 is 1.45 bits per heavy atom. The van der Waals surface area contributed by atoms with Crippen molar-refractivity contribution in [3.63, 3.8) is 0 Å². The molecule has 0 bridgehead atoms. The van der Waals surface area contributed by atoms with Gasteiger partial charge in [0.15, 0.2) is 6.10 Å². The predicted octanol–water partition coefficient (Wildman–Crippen LogP) is 2.29. The summed E-state index contributed by atoms with van der Waals surface area (Å²) in [6.07, 6.45) is -0.195. The highest BCUT2D eigenvalue weighted by atomic mass is 19.1. The Kier molecular flexibility index (Phi) is 3.17. The standard InChI is InChI=1S/C15H19FN2O2/c1-8(2)9-3-4-18(7-9)13-6-12-10(5-11(13)16)14(19)15(20)17-12/h5-6,8-9,14,19H,3-4,7H2,1-2H3,(H,17,20). The van der Waals surface area contributed by atoms with Crippen LogP contribution in [0, 0.1) is 17.7 Å². The number of aliphatic hydroxyl groups is 1. The van der Waals surface area contributed by atoms with Gasteiger partial charge in [-0.05, 0) is 30.4 Å². The van der Waals surface area contributed by atoms with Gasteiger partial charge in [0.25, 0.3) is 5.91 Å². The number of fused-ring (bicyclic) bond motifs is 1. The van der Waals surface area contributed by atoms with Gasteiger partial charge in [0.05, 0.1) is 5.69 Å². The Bertz CT molecular complexity index is 559. The minimum atomic E-state index is -1.25. The number of amides is 1. The first kappa shape index (κ1) is 13.4. The number of nitrogens with zero attached hydrogens (tertiary/aromatic N) is 1. The molecular weight excluding hydrogens is 259 g/mol. The maximum atomic E-state index is 14.2. The first-order valence-corrected chi connectivity index (χ1v) is 7.04. The second kappa shape index (κ2) is 4.74. The van der Waals surface area contributed by atoms with E-state index in [-0.39, 0.29) is 5.82 Å². The van der Waals surface area contributed by atoms with Crippen molar-refractivity contribution in [3.05, 3.63) is 23.5 Å². The lowest BCUT2D eigenvalue weighted by Crippen LogP contribution is -2.22. The molecular formula is C15H19FN2O2. The summed E-state index contributed by atoms with van der Waals surface area (Å²) in [4.78, 5) is 13.4. The Morgan fingerprint density at radius 2 is 2.20 bits per heavy atom. The molecule has 1 fully saturated rings. The van der Waals surface area contributed by atoms with Crippen LogP contribution in [0.4, 0.5) is 15.8 Å². The third-order valence-electron chi connectivity index (χ3n) is 4.43. The Morgan fingerprint density at radius 3 is 2.85 bits per heavy atom. The molecule has 4 nitrogen and oxygen atoms in total. The number of aliphatic hydroxyl groups excluding tert-OH is 1. The Hall–Kier alpha value is -1.62. The minimum Gasteiger partial charge on any atom is -0.378 e. The lowest BCUT2D eigenvalue weighted by atomic mass is 9.95. The topological polar surface area (TPSA) is 52.6 Å². The monoisotopic (exact) mass is 278 g/mol. The van der Waals surface area contributed by atoms with Gasteiger partial charge in [-0.15, -0.1) is 0 Å². The van der Waals surface area contributed by atoms with Gasteiger partial charge in [-0.25, -0.2) is 4.39 Å². The normalized spacial score (nSPS) is 25.2. The molecule has 0 saturated carbocycles. The van der Waals surface area contributed by atoms with Gasteiger partial charge in [0, 0.05) is 24.3 Å². The van der Waals surface area contributed by atoms with Crippen molar-refractivity contribution in [2.75, 3.05) is 23.3 Å². The summed E-state index contributed by atoms with van der Waals surface area (Å²) in [6.45, 7) is 6.03. The van der Waals surface area contributed by atoms with Crippen LogP contribution in [-0.2, 0) is 4.79 Å². The Labute approximate surface area is 117 Å². The second-order valence-corrected chi connectivity index (χ2v) is 6.02. The molecule has 1 aromatic rings. The molecule has 2 atom stereocenters. The SMILES string of the molecule is CC(C)C1CCN(c2cc3c(cc2F)C(O)C(=O)N3)C1. The van der Waals surface area contributed by atoms with Crippen molar-refractivity contribution < 1.29 is 14.3 Å². The molecule has 0 aromatic heterocycles. The smallest absolute Gasteiger partial charge is 0.257 e. The van der Waals surface area contributed by atoms with Crippen molar-refractivity contribution >= 4 is 17.3 Å². The number of hydrogen-bond acceptors (Lipinski definition) is 3. The number of halogens is 1. The van der Waals surface area contributed by atoms with Crippen molar-refractivity contribution in [2.24, 2.45) is 11.8 Å². The average Bonchev–Trinajstić information content (AvgIpc) is 2.97. The van der Waals surface area contributed by atoms with Crippen LogP contribution in [0.1, 0.15) is 31.9 Å². The number of benzene rings is 1. The molecule has 2 aliphatic heterocycles. The summed E-state index contributed by atoms with van der Waals surface area (Å²) >= 11 is 0. The molecule has 0 aliphatic carbocycles. The van der Waals surface area contributed by atoms with Crippen LogP contribution >= 0.6 is 0 Å². The van der Waals surface area contributed by atoms with Crippen LogP contribution in [0.2, 0.25) is 0 Å². The van der Waals surface area contributed by atoms with Gasteiger partial charge in [0.1, 0.15) is 5.82 Å². The molecule has 0 spiro atoms. The summed E-state index contributed by atoms with van der Waals surface area (Å²) in [5.41, 5.74) is 1.36. The molecule has 3 rings (SSSR count). The molecule has 5 heteroatoms. The quantitative estimate of drug-likeness (QED) is 0.872. The highest BCUT2D eigenvalue weighted by molar-refractivity contribution is 6.02. The fraction of sp³-hybridized carbons (Fsp3) is 0.533. The van der Waals surface area contributed by atoms with Crippen LogP contribution < -0.4 is 10.2 Å². The van der Waals surface area contributed by atoms with Crippen LogP contribution in [-0.4, -0.2) is 24.1 Å². The van der Waals surface area contributed by atoms with Crippen LogP contribution in [0.25, 0.3) is 0 Å². The van der Waals surface area contributed by atoms with Gasteiger partial charge in [-0.2, -0.15) is 0 Å². The minimum absolute atomic E-state index is 0.329. The van der Waals surface area contributed by atoms with Crippen LogP contribution in [0.3, 0.4) is 0 Å². The highest BCUT2D eigenvalue weighted by Crippen LogP contribution is 2.38. The van der Waals surface area contributed by atoms with Gasteiger partial charge >= 0.3 is 0 Å². The summed E-state index contributed by atoms with van der Waals surface area (Å²) in [5, 5.41) is 12.2. The molecule has 1 aromatic carbocycles. The van der Waals surface area contributed by atoms with E-state index in [0.29, 0.717) is 28.8 Å². The maximum absolute atomic E-state index is 14.2. The van der Waals surface area contributed by atoms with Crippen molar-refractivity contribution in [1.82, 2.24) is 0 Å². The van der Waals surface area contributed by atoms with E-state index in [0.717, 1.165) is 19.5 Å². The zero-order valence-corrected chi connectivity index (χ0v) is 11.7. The second-order valence-electron chi connectivity index (χ2n) is 6.02. The summed E-state index contributed by atoms with van der Waals surface area (Å²) < 4.78 is 14.2. The van der Waals surface area contributed by atoms with Gasteiger partial charge in [0.2, 0.25) is 0 Å². The van der Waals surface area contributed by atoms with Crippen molar-refractivity contribution in [2.45, 2.75) is 26.4 Å². The molecule has 108 valence electrons. The summed E-state index contributed by atoms with van der Waals surface area (Å²) in [6, 6.07) is 2.91. The van der Waals surface area contributed by atoms with E-state index in [1.54, 1.807) is 6.07 Å². The molecule has 2 heterocycles. The van der Waals surface area contributed by atoms with Crippen molar-refractivity contribution in [1.29, 1.82) is 0 Å². The van der Waals surface area contributed by atoms with E-state index in [1.807, 2.05) is 4.90 Å². The summed E-state index contributed by atoms with van der Waals surface area (Å²) in [7, 11) is 0. The molecule has 1 amide bonds. The Balaban J connectivity index is 1.89. The molecule has 0 radical (unpaired) electrons. The molecule has 1 saturated heterocycles. The van der Waals surface area contributed by atoms with Crippen LogP contribution in [0.5, 0.6) is 0 Å². The molecule has 2 unspecified atom stereocenters. The number of nitrogens with one attached hydrogen (secondary N) is 1. The summed E-state index contributed by atoms with van der Waals surface area (Å²) in [5.74, 6) is 0.295. The zero-order valence-electron chi connectivity index (χ0n) is 11.7. The third-order valence-corrected chi connectivity index (χ3v) is 4.43. The van der Waals surface area contributed by atoms with E-state index >= 15 is 0 Å². The third kappa shape index (κ3) is 2.06. The van der Waals surface area contributed by atoms with Gasteiger partial charge in [-0.3, -0.25) is 4.79 Å². The first-order valence-electron chi connectivity index (χ1n) is 7.04. The van der Waals surface area contributed by atoms with Crippen molar-refractivity contribution in [3.8, 4) is 0 Å². The van der Waals surface area contributed by atoms with E-state index in [2.05, 4.69) is 19.2 Å². The van der Waals surface area contributed by atoms with Crippen LogP contribution in [0.15, 0.2) is 12.1 Å². The number of carbonyl (C=O) groups is 1. The lowest BCUT2D eigenvalue weighted by Gasteiger charge is -2.21. The van der Waals surface area contributed by atoms with Gasteiger partial charge in [-0.1, -0.05) is 13.8 Å². The number of hydrogen-bond donors (Lipinski definition) is 2. The van der Waals surface area contributed by atoms with E-state index in [1.165, 1.54) is 6.07 Å². The van der Waals surface area contributed by atoms with Gasteiger partial charge < -0.3 is 15.3 Å². The zero-order chi connectivity index (χ0) is 14.4. The largest absolute Gasteiger partial charge is 0.378 e. The molecule has 2 N–H and O–H groups in total. The van der Waals surface area contributed by atoms with E-state index in [9.17, 15) is 14.3 Å². The number of anilines is 2. The fourth-order valence-corrected chi connectivity index (χ4v) is 3.05. The maximum Gasteiger partial charge on any atom is 0.257 e. The average molecular weight is 278 g/mol.